The van der Waals surface area contributed by atoms with Gasteiger partial charge in [-0.1, -0.05) is 85.3 Å². The fourth-order valence-electron chi connectivity index (χ4n) is 4.42. The average molecular weight is 549 g/mol. The lowest BCUT2D eigenvalue weighted by molar-refractivity contribution is -0.116. The second-order valence-corrected chi connectivity index (χ2v) is 9.35. The molecule has 0 spiro atoms. The Balaban J connectivity index is 1.49. The Morgan fingerprint density at radius 1 is 0.800 bits per heavy atom. The predicted octanol–water partition coefficient (Wildman–Crippen LogP) is 6.67. The molecule has 40 heavy (non-hydrogen) atoms. The number of hydrazone groups is 1. The van der Waals surface area contributed by atoms with Crippen LogP contribution in [-0.2, 0) is 9.59 Å². The van der Waals surface area contributed by atoms with Gasteiger partial charge in [-0.15, -0.1) is 0 Å². The smallest absolute Gasteiger partial charge is 0.283 e. The van der Waals surface area contributed by atoms with Gasteiger partial charge in [0.15, 0.2) is 5.78 Å². The summed E-state index contributed by atoms with van der Waals surface area (Å²) in [5, 5.41) is 7.48. The topological polar surface area (TPSA) is 82.1 Å². The molecule has 1 N–H and O–H groups in total. The lowest BCUT2D eigenvalue weighted by atomic mass is 10.0. The van der Waals surface area contributed by atoms with Crippen LogP contribution in [0.25, 0.3) is 0 Å². The van der Waals surface area contributed by atoms with Crippen molar-refractivity contribution in [1.29, 1.82) is 0 Å². The molecular formula is C32H25ClN4O3. The highest BCUT2D eigenvalue weighted by molar-refractivity contribution is 6.37. The first kappa shape index (κ1) is 26.6. The Morgan fingerprint density at radius 2 is 1.32 bits per heavy atom. The predicted molar refractivity (Wildman–Crippen MR) is 159 cm³/mol. The maximum absolute atomic E-state index is 13.7. The maximum Gasteiger partial charge on any atom is 0.283 e. The SMILES string of the molecule is CCC(C=NNc1ccc(Cl)cc1C(=O)c1ccccc1)=C1C(=O)N(c2ccccc2)N(c2ccccc2)C1=O. The molecule has 0 aliphatic carbocycles. The van der Waals surface area contributed by atoms with Crippen LogP contribution in [0.3, 0.4) is 0 Å². The summed E-state index contributed by atoms with van der Waals surface area (Å²) in [5.74, 6) is -1.11. The molecule has 0 atom stereocenters. The molecule has 8 heteroatoms. The Bertz CT molecular complexity index is 1560. The zero-order valence-electron chi connectivity index (χ0n) is 21.6. The molecule has 4 aromatic rings. The molecule has 0 bridgehead atoms. The van der Waals surface area contributed by atoms with Crippen LogP contribution in [0.1, 0.15) is 29.3 Å². The van der Waals surface area contributed by atoms with Crippen LogP contribution in [0, 0.1) is 0 Å². The van der Waals surface area contributed by atoms with Crippen LogP contribution < -0.4 is 15.4 Å². The number of para-hydroxylation sites is 2. The molecule has 7 nitrogen and oxygen atoms in total. The van der Waals surface area contributed by atoms with Gasteiger partial charge in [0.25, 0.3) is 11.8 Å². The van der Waals surface area contributed by atoms with Gasteiger partial charge in [0, 0.05) is 16.1 Å². The van der Waals surface area contributed by atoms with E-state index in [2.05, 4.69) is 10.5 Å². The molecule has 0 unspecified atom stereocenters. The van der Waals surface area contributed by atoms with E-state index in [0.717, 1.165) is 0 Å². The van der Waals surface area contributed by atoms with Crippen LogP contribution in [0.5, 0.6) is 0 Å². The van der Waals surface area contributed by atoms with Crippen molar-refractivity contribution in [1.82, 2.24) is 0 Å². The monoisotopic (exact) mass is 548 g/mol. The summed E-state index contributed by atoms with van der Waals surface area (Å²) in [6.07, 6.45) is 1.83. The quantitative estimate of drug-likeness (QED) is 0.0876. The number of carbonyl (C=O) groups excluding carboxylic acids is 3. The molecule has 1 aliphatic heterocycles. The van der Waals surface area contributed by atoms with Crippen molar-refractivity contribution in [2.75, 3.05) is 15.4 Å². The summed E-state index contributed by atoms with van der Waals surface area (Å²) >= 11 is 6.19. The molecule has 0 aromatic heterocycles. The molecular weight excluding hydrogens is 524 g/mol. The van der Waals surface area contributed by atoms with Gasteiger partial charge in [0.05, 0.1) is 23.3 Å². The summed E-state index contributed by atoms with van der Waals surface area (Å²) in [4.78, 5) is 40.6. The van der Waals surface area contributed by atoms with E-state index in [4.69, 9.17) is 11.6 Å². The number of hydrazine groups is 1. The van der Waals surface area contributed by atoms with E-state index < -0.39 is 11.8 Å². The van der Waals surface area contributed by atoms with E-state index in [9.17, 15) is 14.4 Å². The zero-order chi connectivity index (χ0) is 28.1. The van der Waals surface area contributed by atoms with Gasteiger partial charge in [-0.05, 0) is 54.5 Å². The number of ketones is 1. The van der Waals surface area contributed by atoms with Crippen LogP contribution in [0.15, 0.2) is 125 Å². The number of amides is 2. The molecule has 4 aromatic carbocycles. The van der Waals surface area contributed by atoms with Crippen LogP contribution in [-0.4, -0.2) is 23.8 Å². The lowest BCUT2D eigenvalue weighted by Gasteiger charge is -2.27. The highest BCUT2D eigenvalue weighted by atomic mass is 35.5. The van der Waals surface area contributed by atoms with Crippen LogP contribution in [0.2, 0.25) is 5.02 Å². The third-order valence-electron chi connectivity index (χ3n) is 6.38. The number of nitrogens with one attached hydrogen (secondary N) is 1. The number of halogens is 1. The molecule has 1 saturated heterocycles. The van der Waals surface area contributed by atoms with E-state index in [0.29, 0.717) is 45.2 Å². The summed E-state index contributed by atoms with van der Waals surface area (Å²) < 4.78 is 0. The van der Waals surface area contributed by atoms with Gasteiger partial charge < -0.3 is 0 Å². The summed E-state index contributed by atoms with van der Waals surface area (Å²) in [5.41, 5.74) is 5.81. The number of rotatable bonds is 8. The van der Waals surface area contributed by atoms with Crippen LogP contribution in [0.4, 0.5) is 17.1 Å². The maximum atomic E-state index is 13.7. The number of carbonyl (C=O) groups is 3. The largest absolute Gasteiger partial charge is 0.289 e. The highest BCUT2D eigenvalue weighted by Crippen LogP contribution is 2.33. The van der Waals surface area contributed by atoms with Crippen molar-refractivity contribution >= 4 is 52.5 Å². The highest BCUT2D eigenvalue weighted by Gasteiger charge is 2.44. The molecule has 1 fully saturated rings. The fourth-order valence-corrected chi connectivity index (χ4v) is 4.59. The Labute approximate surface area is 237 Å². The minimum Gasteiger partial charge on any atom is -0.289 e. The van der Waals surface area contributed by atoms with Gasteiger partial charge in [-0.2, -0.15) is 5.10 Å². The first-order chi connectivity index (χ1) is 19.5. The van der Waals surface area contributed by atoms with E-state index in [1.165, 1.54) is 16.2 Å². The minimum atomic E-state index is -0.449. The fraction of sp³-hybridized carbons (Fsp3) is 0.0625. The number of benzene rings is 4. The van der Waals surface area contributed by atoms with Crippen molar-refractivity contribution in [3.63, 3.8) is 0 Å². The van der Waals surface area contributed by atoms with E-state index in [1.54, 1.807) is 66.7 Å². The van der Waals surface area contributed by atoms with E-state index in [1.807, 2.05) is 49.4 Å². The van der Waals surface area contributed by atoms with Gasteiger partial charge >= 0.3 is 0 Å². The van der Waals surface area contributed by atoms with Gasteiger partial charge in [0.2, 0.25) is 0 Å². The number of hydrogen-bond acceptors (Lipinski definition) is 5. The molecule has 1 aliphatic rings. The van der Waals surface area contributed by atoms with Crippen molar-refractivity contribution in [2.45, 2.75) is 13.3 Å². The normalized spacial score (nSPS) is 13.3. The van der Waals surface area contributed by atoms with Gasteiger partial charge in [-0.25, -0.2) is 10.0 Å². The number of nitrogens with zero attached hydrogens (tertiary/aromatic N) is 3. The lowest BCUT2D eigenvalue weighted by Crippen LogP contribution is -2.41. The number of anilines is 3. The third kappa shape index (κ3) is 5.28. The Kier molecular flexibility index (Phi) is 7.84. The van der Waals surface area contributed by atoms with Gasteiger partial charge in [-0.3, -0.25) is 19.8 Å². The third-order valence-corrected chi connectivity index (χ3v) is 6.62. The summed E-state index contributed by atoms with van der Waals surface area (Å²) in [6.45, 7) is 1.85. The van der Waals surface area contributed by atoms with E-state index in [-0.39, 0.29) is 11.4 Å². The second-order valence-electron chi connectivity index (χ2n) is 8.91. The molecule has 0 saturated carbocycles. The van der Waals surface area contributed by atoms with Crippen molar-refractivity contribution < 1.29 is 14.4 Å². The van der Waals surface area contributed by atoms with Gasteiger partial charge in [0.1, 0.15) is 5.57 Å². The first-order valence-corrected chi connectivity index (χ1v) is 13.1. The van der Waals surface area contributed by atoms with Crippen molar-refractivity contribution in [2.24, 2.45) is 5.10 Å². The average Bonchev–Trinajstić information content (AvgIpc) is 3.26. The van der Waals surface area contributed by atoms with Crippen molar-refractivity contribution in [3.05, 3.63) is 136 Å². The summed E-state index contributed by atoms with van der Waals surface area (Å²) in [7, 11) is 0. The number of allylic oxidation sites excluding steroid dienone is 1. The Hall–Kier alpha value is -5.01. The molecule has 2 amide bonds. The Morgan fingerprint density at radius 3 is 1.85 bits per heavy atom. The van der Waals surface area contributed by atoms with Crippen LogP contribution >= 0.6 is 11.6 Å². The summed E-state index contributed by atoms with van der Waals surface area (Å²) in [6, 6.07) is 31.8. The molecule has 0 radical (unpaired) electrons. The molecule has 5 rings (SSSR count). The minimum absolute atomic E-state index is 0.0254. The standard InChI is InChI=1S/C32H25ClN4O3/c1-2-22(21-34-35-28-19-18-24(33)20-27(28)30(38)23-12-6-3-7-13-23)29-31(39)36(25-14-8-4-9-15-25)37(32(29)40)26-16-10-5-11-17-26/h3-21,35H,2H2,1H3. The molecule has 1 heterocycles. The second kappa shape index (κ2) is 11.8. The van der Waals surface area contributed by atoms with E-state index >= 15 is 0 Å². The first-order valence-electron chi connectivity index (χ1n) is 12.7. The zero-order valence-corrected chi connectivity index (χ0v) is 22.4. The van der Waals surface area contributed by atoms with Crippen molar-refractivity contribution in [3.8, 4) is 0 Å². The number of hydrogen-bond donors (Lipinski definition) is 1. The molecule has 198 valence electrons.